The molecule has 1 N–H and O–H groups in total. The average Bonchev–Trinajstić information content (AvgIpc) is 2.55. The predicted molar refractivity (Wildman–Crippen MR) is 98.7 cm³/mol. The number of nitrogens with one attached hydrogen (secondary N) is 1. The molecule has 3 rings (SSSR count). The molecule has 3 aromatic rings. The lowest BCUT2D eigenvalue weighted by Gasteiger charge is -2.05. The van der Waals surface area contributed by atoms with Crippen LogP contribution in [0, 0.1) is 0 Å². The molecule has 122 valence electrons. The maximum atomic E-state index is 12.2. The summed E-state index contributed by atoms with van der Waals surface area (Å²) in [7, 11) is 0. The van der Waals surface area contributed by atoms with Gasteiger partial charge in [0, 0.05) is 5.02 Å². The number of rotatable bonds is 4. The van der Waals surface area contributed by atoms with Crippen molar-refractivity contribution in [3.8, 4) is 5.75 Å². The lowest BCUT2D eigenvalue weighted by Crippen LogP contribution is -2.10. The van der Waals surface area contributed by atoms with E-state index < -0.39 is 0 Å². The summed E-state index contributed by atoms with van der Waals surface area (Å²) in [6, 6.07) is 12.4. The average molecular weight is 361 g/mol. The fourth-order valence-corrected chi connectivity index (χ4v) is 2.68. The van der Waals surface area contributed by atoms with E-state index in [-0.39, 0.29) is 5.56 Å². The largest absolute Gasteiger partial charge is 0.494 e. The first kappa shape index (κ1) is 16.6. The van der Waals surface area contributed by atoms with Crippen LogP contribution in [0.3, 0.4) is 0 Å². The van der Waals surface area contributed by atoms with Crippen LogP contribution in [0.25, 0.3) is 22.0 Å². The number of hydrogen-bond acceptors (Lipinski definition) is 3. The zero-order chi connectivity index (χ0) is 17.1. The van der Waals surface area contributed by atoms with Crippen molar-refractivity contribution in [2.45, 2.75) is 6.92 Å². The fourth-order valence-electron chi connectivity index (χ4n) is 2.30. The van der Waals surface area contributed by atoms with Crippen molar-refractivity contribution in [3.05, 3.63) is 69.2 Å². The van der Waals surface area contributed by atoms with Crippen LogP contribution in [0.4, 0.5) is 0 Å². The number of benzene rings is 2. The molecule has 0 radical (unpaired) electrons. The molecule has 0 amide bonds. The molecule has 1 aromatic heterocycles. The highest BCUT2D eigenvalue weighted by atomic mass is 35.5. The summed E-state index contributed by atoms with van der Waals surface area (Å²) in [6.07, 6.45) is 1.72. The number of aromatic amines is 1. The van der Waals surface area contributed by atoms with Crippen molar-refractivity contribution >= 4 is 45.2 Å². The smallest absolute Gasteiger partial charge is 0.259 e. The van der Waals surface area contributed by atoms with Gasteiger partial charge in [-0.2, -0.15) is 0 Å². The minimum atomic E-state index is -0.263. The van der Waals surface area contributed by atoms with E-state index >= 15 is 0 Å². The quantitative estimate of drug-likeness (QED) is 0.732. The minimum absolute atomic E-state index is 0.263. The number of halogens is 2. The van der Waals surface area contributed by atoms with Crippen LogP contribution in [-0.2, 0) is 0 Å². The Kier molecular flexibility index (Phi) is 4.88. The molecule has 0 atom stereocenters. The van der Waals surface area contributed by atoms with E-state index in [1.54, 1.807) is 24.3 Å². The van der Waals surface area contributed by atoms with Gasteiger partial charge < -0.3 is 9.72 Å². The van der Waals surface area contributed by atoms with Crippen LogP contribution in [0.5, 0.6) is 5.75 Å². The highest BCUT2D eigenvalue weighted by Crippen LogP contribution is 2.23. The molecule has 4 nitrogen and oxygen atoms in total. The zero-order valence-corrected chi connectivity index (χ0v) is 14.4. The van der Waals surface area contributed by atoms with E-state index in [0.29, 0.717) is 33.4 Å². The number of aromatic nitrogens is 2. The maximum absolute atomic E-state index is 12.2. The number of hydrogen-bond donors (Lipinski definition) is 1. The normalized spacial score (nSPS) is 11.7. The molecule has 0 saturated carbocycles. The summed E-state index contributed by atoms with van der Waals surface area (Å²) in [6.45, 7) is 2.51. The number of H-pyrrole nitrogens is 1. The molecule has 24 heavy (non-hydrogen) atoms. The van der Waals surface area contributed by atoms with Gasteiger partial charge in [-0.25, -0.2) is 4.98 Å². The van der Waals surface area contributed by atoms with Gasteiger partial charge in [0.25, 0.3) is 5.56 Å². The molecule has 0 spiro atoms. The Morgan fingerprint density at radius 3 is 2.92 bits per heavy atom. The Morgan fingerprint density at radius 1 is 1.29 bits per heavy atom. The summed E-state index contributed by atoms with van der Waals surface area (Å²) < 4.78 is 5.46. The molecule has 6 heteroatoms. The van der Waals surface area contributed by atoms with E-state index in [0.717, 1.165) is 11.3 Å². The topological polar surface area (TPSA) is 55.0 Å². The highest BCUT2D eigenvalue weighted by molar-refractivity contribution is 6.50. The standard InChI is InChI=1S/C18H14Cl2N2O2/c1-2-24-13-5-3-4-11(8-13)9-15(20)17-21-16-10-12(19)6-7-14(16)18(23)22-17/h3-10H,2H2,1H3,(H,21,22,23)/b15-9-. The molecule has 0 saturated heterocycles. The van der Waals surface area contributed by atoms with Crippen molar-refractivity contribution < 1.29 is 4.74 Å². The first-order chi connectivity index (χ1) is 11.6. The second-order valence-corrected chi connectivity index (χ2v) is 5.92. The summed E-state index contributed by atoms with van der Waals surface area (Å²) >= 11 is 12.3. The summed E-state index contributed by atoms with van der Waals surface area (Å²) in [5, 5.41) is 1.30. The molecule has 2 aromatic carbocycles. The fraction of sp³-hybridized carbons (Fsp3) is 0.111. The molecule has 1 heterocycles. The molecular weight excluding hydrogens is 347 g/mol. The van der Waals surface area contributed by atoms with Crippen LogP contribution in [0.2, 0.25) is 5.02 Å². The van der Waals surface area contributed by atoms with Gasteiger partial charge in [-0.15, -0.1) is 0 Å². The van der Waals surface area contributed by atoms with Gasteiger partial charge in [0.15, 0.2) is 5.82 Å². The number of nitrogens with zero attached hydrogens (tertiary/aromatic N) is 1. The first-order valence-corrected chi connectivity index (χ1v) is 8.12. The van der Waals surface area contributed by atoms with Gasteiger partial charge in [-0.05, 0) is 48.9 Å². The third kappa shape index (κ3) is 3.61. The maximum Gasteiger partial charge on any atom is 0.259 e. The van der Waals surface area contributed by atoms with E-state index in [4.69, 9.17) is 27.9 Å². The third-order valence-electron chi connectivity index (χ3n) is 3.36. The van der Waals surface area contributed by atoms with Crippen molar-refractivity contribution in [2.24, 2.45) is 0 Å². The lowest BCUT2D eigenvalue weighted by molar-refractivity contribution is 0.340. The van der Waals surface area contributed by atoms with Gasteiger partial charge in [0.05, 0.1) is 22.5 Å². The predicted octanol–water partition coefficient (Wildman–Crippen LogP) is 4.71. The SMILES string of the molecule is CCOc1cccc(/C=C(\Cl)c2nc3cc(Cl)ccc3c(=O)[nH]2)c1. The van der Waals surface area contributed by atoms with Gasteiger partial charge in [-0.3, -0.25) is 4.79 Å². The first-order valence-electron chi connectivity index (χ1n) is 7.37. The van der Waals surface area contributed by atoms with E-state index in [1.807, 2.05) is 31.2 Å². The highest BCUT2D eigenvalue weighted by Gasteiger charge is 2.07. The Hall–Kier alpha value is -2.30. The van der Waals surface area contributed by atoms with Crippen molar-refractivity contribution in [1.29, 1.82) is 0 Å². The molecule has 0 unspecified atom stereocenters. The lowest BCUT2D eigenvalue weighted by atomic mass is 10.2. The Balaban J connectivity index is 2.03. The summed E-state index contributed by atoms with van der Waals surface area (Å²) in [5.41, 5.74) is 1.08. The molecule has 0 fully saturated rings. The monoisotopic (exact) mass is 360 g/mol. The second-order valence-electron chi connectivity index (χ2n) is 5.07. The van der Waals surface area contributed by atoms with Gasteiger partial charge in [-0.1, -0.05) is 35.3 Å². The van der Waals surface area contributed by atoms with Gasteiger partial charge in [0.1, 0.15) is 5.75 Å². The van der Waals surface area contributed by atoms with Crippen molar-refractivity contribution in [1.82, 2.24) is 9.97 Å². The Morgan fingerprint density at radius 2 is 2.12 bits per heavy atom. The summed E-state index contributed by atoms with van der Waals surface area (Å²) in [5.74, 6) is 1.04. The van der Waals surface area contributed by atoms with Crippen LogP contribution in [0.1, 0.15) is 18.3 Å². The van der Waals surface area contributed by atoms with Gasteiger partial charge >= 0.3 is 0 Å². The molecule has 0 aliphatic heterocycles. The van der Waals surface area contributed by atoms with Gasteiger partial charge in [0.2, 0.25) is 0 Å². The minimum Gasteiger partial charge on any atom is -0.494 e. The van der Waals surface area contributed by atoms with E-state index in [1.165, 1.54) is 0 Å². The number of fused-ring (bicyclic) bond motifs is 1. The third-order valence-corrected chi connectivity index (χ3v) is 3.88. The zero-order valence-electron chi connectivity index (χ0n) is 12.8. The molecule has 0 aliphatic carbocycles. The van der Waals surface area contributed by atoms with Crippen LogP contribution < -0.4 is 10.3 Å². The molecule has 0 aliphatic rings. The van der Waals surface area contributed by atoms with Crippen LogP contribution in [-0.4, -0.2) is 16.6 Å². The van der Waals surface area contributed by atoms with E-state index in [9.17, 15) is 4.79 Å². The van der Waals surface area contributed by atoms with Crippen molar-refractivity contribution in [3.63, 3.8) is 0 Å². The summed E-state index contributed by atoms with van der Waals surface area (Å²) in [4.78, 5) is 19.2. The van der Waals surface area contributed by atoms with E-state index in [2.05, 4.69) is 9.97 Å². The molecular formula is C18H14Cl2N2O2. The second kappa shape index (κ2) is 7.07. The van der Waals surface area contributed by atoms with Crippen LogP contribution in [0.15, 0.2) is 47.3 Å². The van der Waals surface area contributed by atoms with Crippen LogP contribution >= 0.6 is 23.2 Å². The molecule has 0 bridgehead atoms. The Labute approximate surface area is 148 Å². The van der Waals surface area contributed by atoms with Crippen molar-refractivity contribution in [2.75, 3.05) is 6.61 Å². The number of ether oxygens (including phenoxy) is 1. The Bertz CT molecular complexity index is 980.